The largest absolute Gasteiger partial charge is 0.497 e. The molecule has 0 unspecified atom stereocenters. The normalized spacial score (nSPS) is 15.1. The topological polar surface area (TPSA) is 92.3 Å². The second kappa shape index (κ2) is 11.4. The van der Waals surface area contributed by atoms with Crippen LogP contribution in [0.5, 0.6) is 11.5 Å². The summed E-state index contributed by atoms with van der Waals surface area (Å²) in [5, 5.41) is 1.00. The molecule has 0 spiro atoms. The Morgan fingerprint density at radius 1 is 1.12 bits per heavy atom. The van der Waals surface area contributed by atoms with Gasteiger partial charge in [0.1, 0.15) is 29.1 Å². The van der Waals surface area contributed by atoms with Gasteiger partial charge in [0.15, 0.2) is 4.80 Å². The van der Waals surface area contributed by atoms with Crippen LogP contribution in [0.15, 0.2) is 74.0 Å². The molecule has 0 fully saturated rings. The van der Waals surface area contributed by atoms with Crippen LogP contribution < -0.4 is 24.4 Å². The van der Waals surface area contributed by atoms with Gasteiger partial charge in [-0.1, -0.05) is 34.5 Å². The molecule has 11 heteroatoms. The first-order valence-corrected chi connectivity index (χ1v) is 13.8. The van der Waals surface area contributed by atoms with E-state index in [0.29, 0.717) is 59.2 Å². The van der Waals surface area contributed by atoms with E-state index in [1.165, 1.54) is 23.0 Å². The van der Waals surface area contributed by atoms with E-state index in [0.717, 1.165) is 0 Å². The van der Waals surface area contributed by atoms with E-state index >= 15 is 0 Å². The molecular formula is C29H24Cl2N2O6S. The number of ether oxygens (including phenoxy) is 3. The molecule has 0 bridgehead atoms. The van der Waals surface area contributed by atoms with E-state index in [4.69, 9.17) is 41.8 Å². The maximum atomic E-state index is 13.9. The number of hydrogen-bond acceptors (Lipinski definition) is 8. The molecule has 0 saturated carbocycles. The van der Waals surface area contributed by atoms with Gasteiger partial charge in [0, 0.05) is 22.2 Å². The minimum atomic E-state index is -0.861. The van der Waals surface area contributed by atoms with Gasteiger partial charge in [0.25, 0.3) is 5.56 Å². The summed E-state index contributed by atoms with van der Waals surface area (Å²) in [5.74, 6) is 1.39. The molecule has 0 radical (unpaired) electrons. The number of aromatic nitrogens is 1. The smallest absolute Gasteiger partial charge is 0.338 e. The van der Waals surface area contributed by atoms with Gasteiger partial charge in [-0.25, -0.2) is 9.79 Å². The maximum absolute atomic E-state index is 13.9. The highest BCUT2D eigenvalue weighted by atomic mass is 35.5. The van der Waals surface area contributed by atoms with Crippen molar-refractivity contribution in [2.24, 2.45) is 4.99 Å². The molecule has 206 valence electrons. The third-order valence-electron chi connectivity index (χ3n) is 6.34. The van der Waals surface area contributed by atoms with Crippen LogP contribution in [-0.4, -0.2) is 31.4 Å². The fourth-order valence-corrected chi connectivity index (χ4v) is 5.94. The maximum Gasteiger partial charge on any atom is 0.338 e. The van der Waals surface area contributed by atoms with Gasteiger partial charge in [-0.3, -0.25) is 9.36 Å². The Balaban J connectivity index is 1.69. The molecule has 0 N–H and O–H groups in total. The molecule has 3 heterocycles. The highest BCUT2D eigenvalue weighted by Crippen LogP contribution is 2.38. The number of allylic oxidation sites excluding steroid dienone is 1. The Morgan fingerprint density at radius 2 is 1.93 bits per heavy atom. The molecule has 0 saturated heterocycles. The second-order valence-electron chi connectivity index (χ2n) is 8.74. The van der Waals surface area contributed by atoms with E-state index in [1.54, 1.807) is 75.6 Å². The fourth-order valence-electron chi connectivity index (χ4n) is 4.53. The Bertz CT molecular complexity index is 1840. The lowest BCUT2D eigenvalue weighted by Crippen LogP contribution is -2.40. The number of carbonyl (C=O) groups is 1. The number of esters is 1. The third-order valence-corrected chi connectivity index (χ3v) is 7.89. The van der Waals surface area contributed by atoms with Crippen molar-refractivity contribution in [1.82, 2.24) is 4.57 Å². The summed E-state index contributed by atoms with van der Waals surface area (Å²) in [5.41, 5.74) is 1.52. The van der Waals surface area contributed by atoms with E-state index in [2.05, 4.69) is 4.99 Å². The van der Waals surface area contributed by atoms with Crippen LogP contribution in [0.1, 0.15) is 31.2 Å². The van der Waals surface area contributed by atoms with E-state index in [1.807, 2.05) is 0 Å². The van der Waals surface area contributed by atoms with Crippen molar-refractivity contribution in [1.29, 1.82) is 0 Å². The zero-order chi connectivity index (χ0) is 28.6. The van der Waals surface area contributed by atoms with E-state index in [9.17, 15) is 9.59 Å². The SMILES string of the molecule is CCOC(=O)C1=C(C)N=c2s/c(=C/c3ccc(-c4cc(Cl)ccc4Cl)o3)c(=O)n2[C@H]1c1cc(OC)ccc1OC. The molecule has 1 atom stereocenters. The minimum Gasteiger partial charge on any atom is -0.497 e. The first-order chi connectivity index (χ1) is 19.2. The van der Waals surface area contributed by atoms with Crippen molar-refractivity contribution in [2.75, 3.05) is 20.8 Å². The third kappa shape index (κ3) is 5.08. The highest BCUT2D eigenvalue weighted by molar-refractivity contribution is 7.07. The number of fused-ring (bicyclic) bond motifs is 1. The molecule has 2 aromatic carbocycles. The molecule has 2 aromatic heterocycles. The summed E-state index contributed by atoms with van der Waals surface area (Å²) in [7, 11) is 3.06. The van der Waals surface area contributed by atoms with Gasteiger partial charge in [-0.05, 0) is 62.4 Å². The zero-order valence-electron chi connectivity index (χ0n) is 22.0. The Kier molecular flexibility index (Phi) is 7.89. The van der Waals surface area contributed by atoms with Gasteiger partial charge < -0.3 is 18.6 Å². The number of nitrogens with zero attached hydrogens (tertiary/aromatic N) is 2. The van der Waals surface area contributed by atoms with Gasteiger partial charge in [-0.2, -0.15) is 0 Å². The summed E-state index contributed by atoms with van der Waals surface area (Å²) >= 11 is 13.7. The lowest BCUT2D eigenvalue weighted by atomic mass is 9.95. The Hall–Kier alpha value is -3.79. The predicted octanol–water partition coefficient (Wildman–Crippen LogP) is 5.38. The first-order valence-electron chi connectivity index (χ1n) is 12.2. The van der Waals surface area contributed by atoms with E-state index in [-0.39, 0.29) is 17.7 Å². The average Bonchev–Trinajstić information content (AvgIpc) is 3.53. The number of thiazole rings is 1. The molecule has 4 aromatic rings. The molecule has 40 heavy (non-hydrogen) atoms. The monoisotopic (exact) mass is 598 g/mol. The Labute approximate surface area is 243 Å². The molecule has 1 aliphatic heterocycles. The van der Waals surface area contributed by atoms with Gasteiger partial charge >= 0.3 is 5.97 Å². The van der Waals surface area contributed by atoms with Crippen molar-refractivity contribution >= 4 is 46.6 Å². The molecule has 0 aliphatic carbocycles. The van der Waals surface area contributed by atoms with Crippen molar-refractivity contribution in [3.05, 3.63) is 101 Å². The molecule has 0 amide bonds. The minimum absolute atomic E-state index is 0.166. The van der Waals surface area contributed by atoms with Crippen molar-refractivity contribution in [3.63, 3.8) is 0 Å². The quantitative estimate of drug-likeness (QED) is 0.265. The summed E-state index contributed by atoms with van der Waals surface area (Å²) in [6.07, 6.45) is 1.63. The van der Waals surface area contributed by atoms with Crippen molar-refractivity contribution in [3.8, 4) is 22.8 Å². The summed E-state index contributed by atoms with van der Waals surface area (Å²) in [4.78, 5) is 32.1. The van der Waals surface area contributed by atoms with E-state index < -0.39 is 12.0 Å². The van der Waals surface area contributed by atoms with Crippen molar-refractivity contribution in [2.45, 2.75) is 19.9 Å². The van der Waals surface area contributed by atoms with Gasteiger partial charge in [0.05, 0.1) is 41.7 Å². The van der Waals surface area contributed by atoms with Crippen LogP contribution >= 0.6 is 34.5 Å². The predicted molar refractivity (Wildman–Crippen MR) is 154 cm³/mol. The number of furan rings is 1. The van der Waals surface area contributed by atoms with Crippen LogP contribution in [0.3, 0.4) is 0 Å². The Morgan fingerprint density at radius 3 is 2.65 bits per heavy atom. The molecule has 1 aliphatic rings. The number of benzene rings is 2. The van der Waals surface area contributed by atoms with Gasteiger partial charge in [-0.15, -0.1) is 0 Å². The highest BCUT2D eigenvalue weighted by Gasteiger charge is 2.35. The van der Waals surface area contributed by atoms with Crippen LogP contribution in [0.25, 0.3) is 17.4 Å². The number of carbonyl (C=O) groups excluding carboxylic acids is 1. The zero-order valence-corrected chi connectivity index (χ0v) is 24.3. The number of hydrogen-bond donors (Lipinski definition) is 0. The number of halogens is 2. The van der Waals surface area contributed by atoms with Crippen LogP contribution in [0.2, 0.25) is 10.0 Å². The standard InChI is InChI=1S/C29H24Cl2N2O6S/c1-5-38-28(35)25-15(2)32-29-33(26(25)20-13-17(36-3)7-10-22(20)37-4)27(34)24(40-29)14-18-8-11-23(39-18)19-12-16(30)6-9-21(19)31/h6-14,26H,5H2,1-4H3/b24-14+/t26-/m0/s1. The number of methoxy groups -OCH3 is 2. The second-order valence-corrected chi connectivity index (χ2v) is 10.6. The molecular weight excluding hydrogens is 575 g/mol. The van der Waals surface area contributed by atoms with Crippen LogP contribution in [0, 0.1) is 0 Å². The fraction of sp³-hybridized carbons (Fsp3) is 0.207. The lowest BCUT2D eigenvalue weighted by Gasteiger charge is -2.26. The first kappa shape index (κ1) is 27.8. The molecule has 5 rings (SSSR count). The summed E-state index contributed by atoms with van der Waals surface area (Å²) < 4.78 is 24.3. The van der Waals surface area contributed by atoms with Crippen LogP contribution in [-0.2, 0) is 9.53 Å². The lowest BCUT2D eigenvalue weighted by molar-refractivity contribution is -0.139. The summed E-state index contributed by atoms with van der Waals surface area (Å²) in [6, 6.07) is 12.9. The number of rotatable bonds is 7. The summed E-state index contributed by atoms with van der Waals surface area (Å²) in [6.45, 7) is 3.61. The van der Waals surface area contributed by atoms with Crippen LogP contribution in [0.4, 0.5) is 0 Å². The molecule has 8 nitrogen and oxygen atoms in total. The van der Waals surface area contributed by atoms with Crippen molar-refractivity contribution < 1.29 is 23.4 Å². The average molecular weight is 599 g/mol. The van der Waals surface area contributed by atoms with Gasteiger partial charge in [0.2, 0.25) is 0 Å².